The number of hydrogen-bond acceptors (Lipinski definition) is 0. The van der Waals surface area contributed by atoms with Crippen LogP contribution in [0.2, 0.25) is 0 Å². The van der Waals surface area contributed by atoms with Crippen molar-refractivity contribution in [2.75, 3.05) is 0 Å². The van der Waals surface area contributed by atoms with Gasteiger partial charge in [0.2, 0.25) is 0 Å². The van der Waals surface area contributed by atoms with Gasteiger partial charge < -0.3 is 0 Å². The molecule has 0 heterocycles. The van der Waals surface area contributed by atoms with Gasteiger partial charge in [0.1, 0.15) is 0 Å². The van der Waals surface area contributed by atoms with Gasteiger partial charge in [0.05, 0.1) is 0 Å². The molecule has 0 atom stereocenters. The Morgan fingerprint density at radius 3 is 1.20 bits per heavy atom. The minimum atomic E-state index is 0. The van der Waals surface area contributed by atoms with Crippen molar-refractivity contribution in [3.05, 3.63) is 0 Å². The van der Waals surface area contributed by atoms with Crippen molar-refractivity contribution in [1.29, 1.82) is 0 Å². The summed E-state index contributed by atoms with van der Waals surface area (Å²) in [5, 5.41) is 0. The van der Waals surface area contributed by atoms with Crippen molar-refractivity contribution < 1.29 is 20.7 Å². The molecule has 0 amide bonds. The quantitative estimate of drug-likeness (QED) is 0.392. The Morgan fingerprint density at radius 2 is 1.20 bits per heavy atom. The van der Waals surface area contributed by atoms with E-state index in [0.29, 0.717) is 18.2 Å². The van der Waals surface area contributed by atoms with Crippen LogP contribution in [0.5, 0.6) is 0 Å². The fourth-order valence-corrected chi connectivity index (χ4v) is 0. The zero-order valence-electron chi connectivity index (χ0n) is 1.79. The molecule has 0 nitrogen and oxygen atoms in total. The molecule has 0 rings (SSSR count). The summed E-state index contributed by atoms with van der Waals surface area (Å²) < 4.78 is 9.50. The van der Waals surface area contributed by atoms with E-state index in [0.717, 1.165) is 0 Å². The average molecular weight is 198 g/mol. The zero-order valence-corrected chi connectivity index (χ0v) is 3.06. The van der Waals surface area contributed by atoms with Crippen molar-refractivity contribution in [2.45, 2.75) is 0 Å². The van der Waals surface area contributed by atoms with Crippen molar-refractivity contribution in [3.63, 3.8) is 0 Å². The molecule has 0 spiro atoms. The maximum absolute atomic E-state index is 9.50. The summed E-state index contributed by atoms with van der Waals surface area (Å²) in [6, 6.07) is 0. The number of halogens is 1. The maximum atomic E-state index is 9.50. The Kier molecular flexibility index (Phi) is 135. The van der Waals surface area contributed by atoms with Gasteiger partial charge >= 0.3 is 67.1 Å². The zero-order chi connectivity index (χ0) is 2.00. The van der Waals surface area contributed by atoms with Crippen molar-refractivity contribution in [3.8, 4) is 0 Å². The molecule has 0 unspecified atom stereocenters. The molecular weight excluding hydrogens is 193 g/mol. The SMILES string of the molecule is [AlH3].[Cr].[Li][F].[SrH2]. The molecule has 0 radical (unpaired) electrons. The number of rotatable bonds is 0. The predicted molar refractivity (Wildman–Crippen MR) is 25.3 cm³/mol. The molecule has 0 aliphatic carbocycles. The van der Waals surface area contributed by atoms with Crippen LogP contribution in [0.1, 0.15) is 0 Å². The van der Waals surface area contributed by atoms with Crippen LogP contribution < -0.4 is 0 Å². The van der Waals surface area contributed by atoms with Crippen LogP contribution in [0.3, 0.4) is 0 Å². The van der Waals surface area contributed by atoms with Crippen molar-refractivity contribution in [1.82, 2.24) is 0 Å². The molecule has 0 aromatic rings. The Morgan fingerprint density at radius 1 is 1.20 bits per heavy atom. The molecule has 24 valence electrons. The number of hydrogen-bond donors (Lipinski definition) is 0. The Bertz CT molecular complexity index is 11.6. The van der Waals surface area contributed by atoms with Crippen molar-refractivity contribution in [2.24, 2.45) is 0 Å². The second kappa shape index (κ2) is 27.6. The predicted octanol–water partition coefficient (Wildman–Crippen LogP) is -2.06. The third-order valence-corrected chi connectivity index (χ3v) is 0. The second-order valence-corrected chi connectivity index (χ2v) is 0. The van der Waals surface area contributed by atoms with E-state index in [1.807, 2.05) is 0 Å². The summed E-state index contributed by atoms with van der Waals surface area (Å²) >= 11 is 0.500. The van der Waals surface area contributed by atoms with E-state index in [-0.39, 0.29) is 80.2 Å². The van der Waals surface area contributed by atoms with E-state index in [9.17, 15) is 3.38 Å². The molecule has 0 aromatic carbocycles. The first-order valence-corrected chi connectivity index (χ1v) is 0.378. The van der Waals surface area contributed by atoms with Gasteiger partial charge in [-0.15, -0.1) is 0 Å². The average Bonchev–Trinajstić information content (AvgIpc) is 1.00. The summed E-state index contributed by atoms with van der Waals surface area (Å²) in [5.74, 6) is 0. The van der Waals surface area contributed by atoms with Gasteiger partial charge in [-0.25, -0.2) is 0 Å². The van der Waals surface area contributed by atoms with Gasteiger partial charge in [-0.05, 0) is 0 Å². The molecule has 0 fully saturated rings. The van der Waals surface area contributed by atoms with E-state index in [4.69, 9.17) is 0 Å². The molecule has 0 aliphatic heterocycles. The Balaban J connectivity index is -0.00000000167. The van der Waals surface area contributed by atoms with E-state index >= 15 is 0 Å². The van der Waals surface area contributed by atoms with Crippen molar-refractivity contribution >= 4 is 81.0 Å². The van der Waals surface area contributed by atoms with Gasteiger partial charge in [-0.1, -0.05) is 0 Å². The van der Waals surface area contributed by atoms with Crippen LogP contribution in [-0.2, 0) is 17.4 Å². The summed E-state index contributed by atoms with van der Waals surface area (Å²) in [7, 11) is 0. The van der Waals surface area contributed by atoms with E-state index in [2.05, 4.69) is 0 Å². The first kappa shape index (κ1) is 24.3. The fourth-order valence-electron chi connectivity index (χ4n) is 0. The molecule has 0 saturated carbocycles. The normalized spacial score (nSPS) is 1.40. The molecule has 0 bridgehead atoms. The van der Waals surface area contributed by atoms with Crippen LogP contribution in [0.25, 0.3) is 0 Å². The summed E-state index contributed by atoms with van der Waals surface area (Å²) in [6.45, 7) is 0. The fraction of sp³-hybridized carbons (Fsp3) is 0. The third kappa shape index (κ3) is 19.3. The van der Waals surface area contributed by atoms with Gasteiger partial charge in [-0.2, -0.15) is 0 Å². The second-order valence-electron chi connectivity index (χ2n) is 0. The monoisotopic (exact) mass is 198 g/mol. The topological polar surface area (TPSA) is 0 Å². The van der Waals surface area contributed by atoms with Gasteiger partial charge in [0.15, 0.2) is 17.4 Å². The van der Waals surface area contributed by atoms with Gasteiger partial charge in [-0.3, -0.25) is 0 Å². The van der Waals surface area contributed by atoms with Gasteiger partial charge in [0.25, 0.3) is 0 Å². The summed E-state index contributed by atoms with van der Waals surface area (Å²) in [4.78, 5) is 0. The van der Waals surface area contributed by atoms with E-state index < -0.39 is 0 Å². The van der Waals surface area contributed by atoms with Gasteiger partial charge in [0, 0.05) is 17.4 Å². The summed E-state index contributed by atoms with van der Waals surface area (Å²) in [5.41, 5.74) is 0. The van der Waals surface area contributed by atoms with Crippen LogP contribution in [-0.4, -0.2) is 81.0 Å². The third-order valence-electron chi connectivity index (χ3n) is 0. The Hall–Kier alpha value is 3.07. The van der Waals surface area contributed by atoms with Crippen LogP contribution in [0.15, 0.2) is 0 Å². The van der Waals surface area contributed by atoms with E-state index in [1.54, 1.807) is 0 Å². The van der Waals surface area contributed by atoms with E-state index in [1.165, 1.54) is 0 Å². The standard InChI is InChI=1S/Al.Cr.FH.Li.Sr.5H/h;;1H;;;;;;;/q;;;+1;;;;;;/p-1. The molecular formula is H5AlCrFLiSr. The molecule has 5 heavy (non-hydrogen) atoms. The molecule has 0 aromatic heterocycles. The van der Waals surface area contributed by atoms with Crippen LogP contribution in [0.4, 0.5) is 3.38 Å². The Labute approximate surface area is 99.5 Å². The molecule has 0 saturated heterocycles. The first-order chi connectivity index (χ1) is 1.00. The van der Waals surface area contributed by atoms with Crippen LogP contribution in [0, 0.1) is 0 Å². The first-order valence-electron chi connectivity index (χ1n) is 0.378. The molecule has 0 aliphatic rings. The summed E-state index contributed by atoms with van der Waals surface area (Å²) in [6.07, 6.45) is 0. The molecule has 0 N–H and O–H groups in total. The van der Waals surface area contributed by atoms with Crippen LogP contribution >= 0.6 is 0 Å². The minimum absolute atomic E-state index is 0. The molecule has 5 heteroatoms.